The molecule has 0 amide bonds. The van der Waals surface area contributed by atoms with Crippen molar-refractivity contribution in [2.24, 2.45) is 0 Å². The molecule has 1 fully saturated rings. The van der Waals surface area contributed by atoms with Crippen LogP contribution in [0.25, 0.3) is 0 Å². The maximum absolute atomic E-state index is 5.88. The van der Waals surface area contributed by atoms with Crippen molar-refractivity contribution in [3.63, 3.8) is 0 Å². The van der Waals surface area contributed by atoms with Crippen LogP contribution in [0.1, 0.15) is 36.5 Å². The van der Waals surface area contributed by atoms with Crippen LogP contribution in [0.15, 0.2) is 11.7 Å². The highest BCUT2D eigenvalue weighted by molar-refractivity contribution is 7.09. The molecule has 0 radical (unpaired) electrons. The van der Waals surface area contributed by atoms with Gasteiger partial charge in [0.25, 0.3) is 0 Å². The molecule has 0 bridgehead atoms. The summed E-state index contributed by atoms with van der Waals surface area (Å²) in [5.74, 6) is 0.926. The Morgan fingerprint density at radius 2 is 2.33 bits per heavy atom. The normalized spacial score (nSPS) is 20.0. The number of hydrogen-bond donors (Lipinski definition) is 0. The second-order valence-electron chi connectivity index (χ2n) is 5.16. The molecule has 0 aromatic carbocycles. The first-order chi connectivity index (χ1) is 10.3. The van der Waals surface area contributed by atoms with E-state index < -0.39 is 0 Å². The lowest BCUT2D eigenvalue weighted by Gasteiger charge is -2.31. The minimum Gasteiger partial charge on any atom is -0.368 e. The largest absolute Gasteiger partial charge is 0.368 e. The Balaban J connectivity index is 1.65. The Kier molecular flexibility index (Phi) is 4.62. The molecule has 114 valence electrons. The molecule has 6 nitrogen and oxygen atoms in total. The van der Waals surface area contributed by atoms with Crippen molar-refractivity contribution in [2.45, 2.75) is 39.5 Å². The highest BCUT2D eigenvalue weighted by Gasteiger charge is 2.26. The van der Waals surface area contributed by atoms with Crippen LogP contribution in [-0.4, -0.2) is 44.3 Å². The van der Waals surface area contributed by atoms with Gasteiger partial charge >= 0.3 is 0 Å². The summed E-state index contributed by atoms with van der Waals surface area (Å²) in [6, 6.07) is 0. The molecule has 1 atom stereocenters. The Hall–Kier alpha value is -1.31. The smallest absolute Gasteiger partial charge is 0.163 e. The van der Waals surface area contributed by atoms with E-state index in [9.17, 15) is 0 Å². The first-order valence-electron chi connectivity index (χ1n) is 7.45. The average Bonchev–Trinajstić information content (AvgIpc) is 3.15. The van der Waals surface area contributed by atoms with Gasteiger partial charge in [-0.2, -0.15) is 0 Å². The van der Waals surface area contributed by atoms with E-state index in [4.69, 9.17) is 4.74 Å². The zero-order valence-electron chi connectivity index (χ0n) is 12.5. The lowest BCUT2D eigenvalue weighted by Crippen LogP contribution is -2.38. The van der Waals surface area contributed by atoms with Gasteiger partial charge in [-0.3, -0.25) is 4.90 Å². The number of thiazole rings is 1. The van der Waals surface area contributed by atoms with Crippen molar-refractivity contribution in [2.75, 3.05) is 19.7 Å². The summed E-state index contributed by atoms with van der Waals surface area (Å²) < 4.78 is 7.92. The first kappa shape index (κ1) is 14.6. The third kappa shape index (κ3) is 3.30. The number of ether oxygens (including phenoxy) is 1. The number of nitrogens with zero attached hydrogens (tertiary/aromatic N) is 5. The van der Waals surface area contributed by atoms with E-state index in [2.05, 4.69) is 39.3 Å². The van der Waals surface area contributed by atoms with Gasteiger partial charge in [-0.15, -0.1) is 21.5 Å². The van der Waals surface area contributed by atoms with Crippen molar-refractivity contribution >= 4 is 11.3 Å². The topological polar surface area (TPSA) is 56.1 Å². The number of hydrogen-bond acceptors (Lipinski definition) is 6. The zero-order chi connectivity index (χ0) is 14.7. The predicted octanol–water partition coefficient (Wildman–Crippen LogP) is 1.89. The Labute approximate surface area is 128 Å². The van der Waals surface area contributed by atoms with Crippen molar-refractivity contribution in [3.8, 4) is 0 Å². The molecule has 0 spiro atoms. The van der Waals surface area contributed by atoms with Crippen LogP contribution in [0.5, 0.6) is 0 Å². The Morgan fingerprint density at radius 3 is 3.10 bits per heavy atom. The molecule has 0 saturated carbocycles. The summed E-state index contributed by atoms with van der Waals surface area (Å²) in [7, 11) is 0. The molecular weight excluding hydrogens is 286 g/mol. The molecule has 0 unspecified atom stereocenters. The van der Waals surface area contributed by atoms with Gasteiger partial charge < -0.3 is 9.30 Å². The van der Waals surface area contributed by atoms with Crippen LogP contribution in [0, 0.1) is 0 Å². The number of aromatic nitrogens is 4. The second-order valence-corrected chi connectivity index (χ2v) is 6.10. The van der Waals surface area contributed by atoms with Crippen LogP contribution in [0.2, 0.25) is 0 Å². The van der Waals surface area contributed by atoms with Gasteiger partial charge in [0.2, 0.25) is 0 Å². The van der Waals surface area contributed by atoms with E-state index >= 15 is 0 Å². The third-order valence-electron chi connectivity index (χ3n) is 3.71. The number of rotatable bonds is 5. The maximum atomic E-state index is 5.88. The fraction of sp³-hybridized carbons (Fsp3) is 0.643. The molecule has 0 aliphatic carbocycles. The summed E-state index contributed by atoms with van der Waals surface area (Å²) in [4.78, 5) is 7.03. The van der Waals surface area contributed by atoms with Gasteiger partial charge in [0.1, 0.15) is 12.4 Å². The summed E-state index contributed by atoms with van der Waals surface area (Å²) in [6.45, 7) is 8.50. The van der Waals surface area contributed by atoms with E-state index in [1.807, 2.05) is 4.57 Å². The maximum Gasteiger partial charge on any atom is 0.163 e. The number of aryl methyl sites for hydroxylation is 2. The standard InChI is InChI=1S/C14H21N5OS/c1-3-13-16-11(9-21-13)7-18-5-6-20-12(8-18)14-17-15-10-19(14)4-2/h9-10,12H,3-8H2,1-2H3/t12-/m1/s1. The molecule has 7 heteroatoms. The lowest BCUT2D eigenvalue weighted by molar-refractivity contribution is -0.0391. The summed E-state index contributed by atoms with van der Waals surface area (Å²) >= 11 is 1.75. The summed E-state index contributed by atoms with van der Waals surface area (Å²) in [6.07, 6.45) is 2.78. The number of morpholine rings is 1. The van der Waals surface area contributed by atoms with E-state index in [0.29, 0.717) is 0 Å². The Morgan fingerprint density at radius 1 is 1.43 bits per heavy atom. The van der Waals surface area contributed by atoms with Crippen molar-refractivity contribution in [1.82, 2.24) is 24.6 Å². The van der Waals surface area contributed by atoms with Gasteiger partial charge in [-0.25, -0.2) is 4.98 Å². The van der Waals surface area contributed by atoms with Crippen LogP contribution < -0.4 is 0 Å². The summed E-state index contributed by atoms with van der Waals surface area (Å²) in [5.41, 5.74) is 1.16. The van der Waals surface area contributed by atoms with Gasteiger partial charge in [-0.05, 0) is 13.3 Å². The molecule has 3 rings (SSSR count). The van der Waals surface area contributed by atoms with Crippen LogP contribution in [0.4, 0.5) is 0 Å². The highest BCUT2D eigenvalue weighted by Crippen LogP contribution is 2.22. The van der Waals surface area contributed by atoms with E-state index in [1.54, 1.807) is 17.7 Å². The van der Waals surface area contributed by atoms with Crippen molar-refractivity contribution < 1.29 is 4.74 Å². The molecule has 0 N–H and O–H groups in total. The highest BCUT2D eigenvalue weighted by atomic mass is 32.1. The minimum absolute atomic E-state index is 0.00508. The zero-order valence-corrected chi connectivity index (χ0v) is 13.3. The second kappa shape index (κ2) is 6.64. The van der Waals surface area contributed by atoms with E-state index in [-0.39, 0.29) is 6.10 Å². The minimum atomic E-state index is 0.00508. The molecule has 21 heavy (non-hydrogen) atoms. The monoisotopic (exact) mass is 307 g/mol. The third-order valence-corrected chi connectivity index (χ3v) is 4.75. The van der Waals surface area contributed by atoms with Crippen molar-refractivity contribution in [3.05, 3.63) is 28.2 Å². The molecule has 3 heterocycles. The molecule has 2 aromatic rings. The van der Waals surface area contributed by atoms with Crippen LogP contribution >= 0.6 is 11.3 Å². The van der Waals surface area contributed by atoms with Crippen LogP contribution in [0.3, 0.4) is 0 Å². The van der Waals surface area contributed by atoms with Gasteiger partial charge in [0.05, 0.1) is 17.3 Å². The quantitative estimate of drug-likeness (QED) is 0.844. The molecule has 2 aromatic heterocycles. The molecule has 1 aliphatic rings. The first-order valence-corrected chi connectivity index (χ1v) is 8.33. The molecule has 1 saturated heterocycles. The molecular formula is C14H21N5OS. The van der Waals surface area contributed by atoms with Gasteiger partial charge in [-0.1, -0.05) is 6.92 Å². The fourth-order valence-corrected chi connectivity index (χ4v) is 3.31. The summed E-state index contributed by atoms with van der Waals surface area (Å²) in [5, 5.41) is 11.6. The Bertz CT molecular complexity index is 581. The SMILES string of the molecule is CCc1nc(CN2CCO[C@@H](c3nncn3CC)C2)cs1. The average molecular weight is 307 g/mol. The fourth-order valence-electron chi connectivity index (χ4n) is 2.57. The van der Waals surface area contributed by atoms with Crippen molar-refractivity contribution in [1.29, 1.82) is 0 Å². The molecule has 1 aliphatic heterocycles. The van der Waals surface area contributed by atoms with Crippen LogP contribution in [-0.2, 0) is 24.2 Å². The van der Waals surface area contributed by atoms with E-state index in [0.717, 1.165) is 50.7 Å². The lowest BCUT2D eigenvalue weighted by atomic mass is 10.2. The van der Waals surface area contributed by atoms with Gasteiger partial charge in [0.15, 0.2) is 5.82 Å². The van der Waals surface area contributed by atoms with E-state index in [1.165, 1.54) is 5.01 Å². The predicted molar refractivity (Wildman–Crippen MR) is 81.2 cm³/mol. The van der Waals surface area contributed by atoms with Gasteiger partial charge in [0, 0.05) is 31.6 Å².